The largest absolute Gasteiger partial charge is 0.496 e. The molecule has 0 fully saturated rings. The van der Waals surface area contributed by atoms with Gasteiger partial charge in [-0.1, -0.05) is 30.3 Å². The van der Waals surface area contributed by atoms with Gasteiger partial charge in [0.15, 0.2) is 5.11 Å². The Morgan fingerprint density at radius 1 is 1.04 bits per heavy atom. The number of rotatable bonds is 5. The number of anilines is 1. The van der Waals surface area contributed by atoms with Crippen LogP contribution in [0.5, 0.6) is 11.5 Å². The lowest BCUT2D eigenvalue weighted by molar-refractivity contribution is -0.113. The van der Waals surface area contributed by atoms with E-state index in [0.29, 0.717) is 33.6 Å². The Balaban J connectivity index is 2.00. The summed E-state index contributed by atoms with van der Waals surface area (Å²) in [5.41, 5.74) is 2.63. The second-order valence-corrected chi connectivity index (χ2v) is 6.37. The zero-order valence-electron chi connectivity index (χ0n) is 15.3. The van der Waals surface area contributed by atoms with Crippen LogP contribution >= 0.6 is 12.2 Å². The Kier molecular flexibility index (Phi) is 5.61. The number of allylic oxidation sites excluding steroid dienone is 1. The number of carbonyl (C=O) groups is 1. The van der Waals surface area contributed by atoms with E-state index in [1.54, 1.807) is 26.4 Å². The minimum absolute atomic E-state index is 0.254. The van der Waals surface area contributed by atoms with Crippen LogP contribution in [0.3, 0.4) is 0 Å². The number of amides is 1. The van der Waals surface area contributed by atoms with Crippen LogP contribution in [-0.2, 0) is 4.79 Å². The Bertz CT molecular complexity index is 911. The molecule has 7 heteroatoms. The zero-order chi connectivity index (χ0) is 19.4. The lowest BCUT2D eigenvalue weighted by Crippen LogP contribution is -2.45. The van der Waals surface area contributed by atoms with Crippen LogP contribution in [0.1, 0.15) is 18.5 Å². The number of hydrogen-bond acceptors (Lipinski definition) is 4. The molecule has 1 heterocycles. The molecule has 140 valence electrons. The molecule has 0 aromatic heterocycles. The van der Waals surface area contributed by atoms with E-state index in [-0.39, 0.29) is 5.91 Å². The third-order valence-electron chi connectivity index (χ3n) is 4.32. The van der Waals surface area contributed by atoms with E-state index in [1.165, 1.54) is 0 Å². The number of thiocarbonyl (C=S) groups is 1. The summed E-state index contributed by atoms with van der Waals surface area (Å²) in [6, 6.07) is 14.4. The molecule has 0 unspecified atom stereocenters. The van der Waals surface area contributed by atoms with E-state index < -0.39 is 6.04 Å². The summed E-state index contributed by atoms with van der Waals surface area (Å²) in [6.45, 7) is 1.83. The smallest absolute Gasteiger partial charge is 0.255 e. The number of methoxy groups -OCH3 is 2. The van der Waals surface area contributed by atoms with Gasteiger partial charge in [-0.25, -0.2) is 0 Å². The number of hydrogen-bond donors (Lipinski definition) is 3. The zero-order valence-corrected chi connectivity index (χ0v) is 16.1. The minimum Gasteiger partial charge on any atom is -0.496 e. The molecule has 0 bridgehead atoms. The number of carbonyl (C=O) groups excluding carboxylic acids is 1. The second kappa shape index (κ2) is 8.09. The highest BCUT2D eigenvalue weighted by Gasteiger charge is 2.31. The Morgan fingerprint density at radius 3 is 2.37 bits per heavy atom. The monoisotopic (exact) mass is 383 g/mol. The van der Waals surface area contributed by atoms with Crippen LogP contribution in [0.4, 0.5) is 5.69 Å². The van der Waals surface area contributed by atoms with Crippen molar-refractivity contribution in [1.29, 1.82) is 0 Å². The first-order valence-corrected chi connectivity index (χ1v) is 8.81. The molecule has 1 aliphatic rings. The summed E-state index contributed by atoms with van der Waals surface area (Å²) in [5, 5.41) is 9.59. The predicted octanol–water partition coefficient (Wildman–Crippen LogP) is 3.14. The maximum atomic E-state index is 13.1. The highest BCUT2D eigenvalue weighted by atomic mass is 32.1. The van der Waals surface area contributed by atoms with Gasteiger partial charge in [-0.3, -0.25) is 4.79 Å². The van der Waals surface area contributed by atoms with E-state index in [0.717, 1.165) is 5.56 Å². The van der Waals surface area contributed by atoms with Gasteiger partial charge in [0.05, 0.1) is 31.5 Å². The first kappa shape index (κ1) is 18.7. The van der Waals surface area contributed by atoms with Crippen LogP contribution in [0.25, 0.3) is 0 Å². The number of para-hydroxylation sites is 3. The van der Waals surface area contributed by atoms with Crippen LogP contribution < -0.4 is 25.4 Å². The normalized spacial score (nSPS) is 16.3. The molecule has 0 saturated heterocycles. The first-order chi connectivity index (χ1) is 13.0. The van der Waals surface area contributed by atoms with Gasteiger partial charge in [0.1, 0.15) is 11.5 Å². The molecule has 1 amide bonds. The van der Waals surface area contributed by atoms with Crippen molar-refractivity contribution in [2.24, 2.45) is 0 Å². The Morgan fingerprint density at radius 2 is 1.67 bits per heavy atom. The first-order valence-electron chi connectivity index (χ1n) is 8.40. The fourth-order valence-electron chi connectivity index (χ4n) is 3.07. The third kappa shape index (κ3) is 3.88. The van der Waals surface area contributed by atoms with Crippen LogP contribution in [0.15, 0.2) is 59.8 Å². The van der Waals surface area contributed by atoms with Crippen LogP contribution in [0.2, 0.25) is 0 Å². The van der Waals surface area contributed by atoms with Crippen molar-refractivity contribution in [3.05, 3.63) is 65.4 Å². The molecule has 27 heavy (non-hydrogen) atoms. The van der Waals surface area contributed by atoms with E-state index >= 15 is 0 Å². The van der Waals surface area contributed by atoms with Gasteiger partial charge in [0.2, 0.25) is 0 Å². The molecular weight excluding hydrogens is 362 g/mol. The molecule has 0 saturated carbocycles. The SMILES string of the molecule is COc1ccccc1NC(=O)C1=C(C)NC(=S)N[C@@H]1c1ccccc1OC. The third-order valence-corrected chi connectivity index (χ3v) is 4.54. The summed E-state index contributed by atoms with van der Waals surface area (Å²) in [6.07, 6.45) is 0. The van der Waals surface area contributed by atoms with Crippen LogP contribution in [-0.4, -0.2) is 25.2 Å². The van der Waals surface area contributed by atoms with E-state index in [9.17, 15) is 4.79 Å². The molecule has 1 aliphatic heterocycles. The summed E-state index contributed by atoms with van der Waals surface area (Å²) in [4.78, 5) is 13.1. The lowest BCUT2D eigenvalue weighted by Gasteiger charge is -2.31. The van der Waals surface area contributed by atoms with Crippen molar-refractivity contribution in [3.63, 3.8) is 0 Å². The molecule has 0 aliphatic carbocycles. The number of ether oxygens (including phenoxy) is 2. The van der Waals surface area contributed by atoms with Crippen molar-refractivity contribution >= 4 is 28.9 Å². The molecule has 0 spiro atoms. The fourth-order valence-corrected chi connectivity index (χ4v) is 3.34. The van der Waals surface area contributed by atoms with E-state index in [1.807, 2.05) is 43.3 Å². The van der Waals surface area contributed by atoms with E-state index in [2.05, 4.69) is 16.0 Å². The van der Waals surface area contributed by atoms with Crippen molar-refractivity contribution in [2.75, 3.05) is 19.5 Å². The minimum atomic E-state index is -0.440. The van der Waals surface area contributed by atoms with Gasteiger partial charge in [-0.05, 0) is 37.3 Å². The molecule has 1 atom stereocenters. The second-order valence-electron chi connectivity index (χ2n) is 5.97. The highest BCUT2D eigenvalue weighted by Crippen LogP contribution is 2.34. The predicted molar refractivity (Wildman–Crippen MR) is 109 cm³/mol. The maximum Gasteiger partial charge on any atom is 0.255 e. The summed E-state index contributed by atoms with van der Waals surface area (Å²) < 4.78 is 10.8. The average molecular weight is 383 g/mol. The molecule has 2 aromatic rings. The van der Waals surface area contributed by atoms with Crippen molar-refractivity contribution < 1.29 is 14.3 Å². The maximum absolute atomic E-state index is 13.1. The lowest BCUT2D eigenvalue weighted by atomic mass is 9.94. The molecule has 0 radical (unpaired) electrons. The summed E-state index contributed by atoms with van der Waals surface area (Å²) in [7, 11) is 3.17. The van der Waals surface area contributed by atoms with Crippen molar-refractivity contribution in [1.82, 2.24) is 10.6 Å². The molecule has 3 N–H and O–H groups in total. The molecule has 3 rings (SSSR count). The van der Waals surface area contributed by atoms with Crippen molar-refractivity contribution in [2.45, 2.75) is 13.0 Å². The summed E-state index contributed by atoms with van der Waals surface area (Å²) in [5.74, 6) is 1.01. The summed E-state index contributed by atoms with van der Waals surface area (Å²) >= 11 is 5.30. The van der Waals surface area contributed by atoms with Gasteiger partial charge in [-0.15, -0.1) is 0 Å². The van der Waals surface area contributed by atoms with Gasteiger partial charge in [0.25, 0.3) is 5.91 Å². The van der Waals surface area contributed by atoms with Crippen LogP contribution in [0, 0.1) is 0 Å². The highest BCUT2D eigenvalue weighted by molar-refractivity contribution is 7.80. The van der Waals surface area contributed by atoms with Gasteiger partial charge in [0, 0.05) is 11.3 Å². The van der Waals surface area contributed by atoms with Crippen molar-refractivity contribution in [3.8, 4) is 11.5 Å². The molecule has 2 aromatic carbocycles. The molecular formula is C20H21N3O3S. The quantitative estimate of drug-likeness (QED) is 0.689. The Hall–Kier alpha value is -3.06. The number of benzene rings is 2. The van der Waals surface area contributed by atoms with E-state index in [4.69, 9.17) is 21.7 Å². The Labute approximate surface area is 163 Å². The topological polar surface area (TPSA) is 71.6 Å². The fraction of sp³-hybridized carbons (Fsp3) is 0.200. The average Bonchev–Trinajstić information content (AvgIpc) is 2.67. The van der Waals surface area contributed by atoms with Gasteiger partial charge < -0.3 is 25.4 Å². The standard InChI is InChI=1S/C20H21N3O3S/c1-12-17(19(24)22-14-9-5-7-11-16(14)26-3)18(23-20(27)21-12)13-8-4-6-10-15(13)25-2/h4-11,18H,1-3H3,(H,22,24)(H2,21,23,27)/t18-/m1/s1. The van der Waals surface area contributed by atoms with Gasteiger partial charge >= 0.3 is 0 Å². The number of nitrogens with one attached hydrogen (secondary N) is 3. The van der Waals surface area contributed by atoms with Gasteiger partial charge in [-0.2, -0.15) is 0 Å². The molecule has 6 nitrogen and oxygen atoms in total.